The smallest absolute Gasteiger partial charge is 0.417 e. The van der Waals surface area contributed by atoms with Gasteiger partial charge in [-0.1, -0.05) is 0 Å². The van der Waals surface area contributed by atoms with Crippen LogP contribution in [0.25, 0.3) is 22.2 Å². The minimum atomic E-state index is -4.96. The molecule has 14 heteroatoms. The van der Waals surface area contributed by atoms with E-state index in [-0.39, 0.29) is 45.8 Å². The van der Waals surface area contributed by atoms with Crippen molar-refractivity contribution in [3.63, 3.8) is 0 Å². The van der Waals surface area contributed by atoms with Crippen LogP contribution in [-0.4, -0.2) is 37.1 Å². The molecule has 2 aromatic carbocycles. The molecule has 1 amide bonds. The van der Waals surface area contributed by atoms with Crippen molar-refractivity contribution >= 4 is 16.9 Å². The van der Waals surface area contributed by atoms with E-state index < -0.39 is 59.1 Å². The van der Waals surface area contributed by atoms with Gasteiger partial charge in [-0.25, -0.2) is 19.3 Å². The van der Waals surface area contributed by atoms with Gasteiger partial charge in [0.25, 0.3) is 5.91 Å². The molecule has 2 bridgehead atoms. The van der Waals surface area contributed by atoms with E-state index in [1.165, 1.54) is 36.9 Å². The third kappa shape index (κ3) is 4.05. The van der Waals surface area contributed by atoms with Gasteiger partial charge in [0, 0.05) is 35.2 Å². The highest BCUT2D eigenvalue weighted by atomic mass is 19.4. The summed E-state index contributed by atoms with van der Waals surface area (Å²) in [5, 5.41) is 12.6. The molecule has 0 spiro atoms. The van der Waals surface area contributed by atoms with E-state index in [9.17, 15) is 31.9 Å². The number of halogens is 6. The second-order valence-corrected chi connectivity index (χ2v) is 10.1. The minimum Gasteiger partial charge on any atom is -0.434 e. The number of nitrogens with one attached hydrogen (secondary N) is 1. The molecule has 4 heterocycles. The van der Waals surface area contributed by atoms with E-state index in [4.69, 9.17) is 0 Å². The Bertz CT molecular complexity index is 1680. The van der Waals surface area contributed by atoms with Gasteiger partial charge < -0.3 is 19.7 Å². The maximum Gasteiger partial charge on any atom is 0.417 e. The van der Waals surface area contributed by atoms with Gasteiger partial charge in [-0.2, -0.15) is 22.0 Å². The molecule has 2 aliphatic rings. The highest BCUT2D eigenvalue weighted by molar-refractivity contribution is 5.99. The molecule has 2 N–H and O–H groups in total. The second-order valence-electron chi connectivity index (χ2n) is 10.1. The van der Waals surface area contributed by atoms with Gasteiger partial charge in [-0.3, -0.25) is 4.79 Å². The molecular weight excluding hydrogens is 544 g/mol. The normalized spacial score (nSPS) is 18.5. The second kappa shape index (κ2) is 8.65. The standard InChI is InChI=1S/C26H19F6N5O3/c1-25(2,39)23-33-8-10(9-34-23)11-5-16-14(6-13(11)27)35-21-15-7-17(37(16)21)20-18(40-24(28)29)4-3-12(26(30,31)32)19(20)22(38)36-15/h3-6,8-9,15,17,24,39H,7H2,1-2H3,(H,36,38)/t15-,17-/m1/s1. The molecule has 0 unspecified atom stereocenters. The first-order valence-corrected chi connectivity index (χ1v) is 12.0. The van der Waals surface area contributed by atoms with Crippen LogP contribution < -0.4 is 10.1 Å². The number of fused-ring (bicyclic) bond motifs is 9. The Kier molecular flexibility index (Phi) is 5.63. The Balaban J connectivity index is 1.57. The van der Waals surface area contributed by atoms with Crippen molar-refractivity contribution in [3.05, 3.63) is 70.8 Å². The van der Waals surface area contributed by atoms with Gasteiger partial charge >= 0.3 is 12.8 Å². The zero-order valence-corrected chi connectivity index (χ0v) is 20.7. The number of benzene rings is 2. The van der Waals surface area contributed by atoms with E-state index in [0.29, 0.717) is 6.07 Å². The van der Waals surface area contributed by atoms with Crippen LogP contribution in [0.2, 0.25) is 0 Å². The Labute approximate surface area is 221 Å². The van der Waals surface area contributed by atoms with Gasteiger partial charge in [0.1, 0.15) is 23.0 Å². The van der Waals surface area contributed by atoms with Crippen molar-refractivity contribution in [1.82, 2.24) is 24.8 Å². The zero-order chi connectivity index (χ0) is 28.7. The molecule has 40 heavy (non-hydrogen) atoms. The Hall–Kier alpha value is -4.20. The molecular formula is C26H19F6N5O3. The molecule has 2 aliphatic heterocycles. The molecule has 0 radical (unpaired) electrons. The fourth-order valence-corrected chi connectivity index (χ4v) is 5.36. The van der Waals surface area contributed by atoms with Crippen LogP contribution in [0, 0.1) is 5.82 Å². The van der Waals surface area contributed by atoms with Crippen LogP contribution in [0.3, 0.4) is 0 Å². The average molecular weight is 563 g/mol. The van der Waals surface area contributed by atoms with Crippen molar-refractivity contribution in [2.24, 2.45) is 0 Å². The average Bonchev–Trinajstić information content (AvgIpc) is 3.33. The van der Waals surface area contributed by atoms with Crippen LogP contribution in [0.4, 0.5) is 26.3 Å². The first-order chi connectivity index (χ1) is 18.7. The SMILES string of the molecule is CC(C)(O)c1ncc(-c2cc3c(cc2F)nc2n3[C@@H]3C[C@H]2NC(=O)c2c(C(F)(F)F)ccc(OC(F)F)c23)cn1. The van der Waals surface area contributed by atoms with E-state index in [1.54, 1.807) is 0 Å². The fourth-order valence-electron chi connectivity index (χ4n) is 5.36. The molecule has 0 saturated heterocycles. The zero-order valence-electron chi connectivity index (χ0n) is 20.7. The third-order valence-corrected chi connectivity index (χ3v) is 6.99. The predicted molar refractivity (Wildman–Crippen MR) is 127 cm³/mol. The largest absolute Gasteiger partial charge is 0.434 e. The first-order valence-electron chi connectivity index (χ1n) is 12.0. The molecule has 2 aromatic heterocycles. The molecule has 2 atom stereocenters. The quantitative estimate of drug-likeness (QED) is 0.329. The summed E-state index contributed by atoms with van der Waals surface area (Å²) < 4.78 is 89.7. The third-order valence-electron chi connectivity index (χ3n) is 6.99. The summed E-state index contributed by atoms with van der Waals surface area (Å²) in [5.74, 6) is -2.05. The van der Waals surface area contributed by atoms with E-state index >= 15 is 4.39 Å². The molecule has 6 rings (SSSR count). The van der Waals surface area contributed by atoms with Gasteiger partial charge in [0.2, 0.25) is 0 Å². The lowest BCUT2D eigenvalue weighted by atomic mass is 9.93. The van der Waals surface area contributed by atoms with E-state index in [0.717, 1.165) is 12.1 Å². The van der Waals surface area contributed by atoms with Crippen LogP contribution in [0.5, 0.6) is 5.75 Å². The molecule has 0 saturated carbocycles. The molecule has 208 valence electrons. The van der Waals surface area contributed by atoms with Crippen LogP contribution in [0.15, 0.2) is 36.7 Å². The highest BCUT2D eigenvalue weighted by Crippen LogP contribution is 2.50. The Morgan fingerprint density at radius 1 is 1.15 bits per heavy atom. The number of aliphatic hydroxyl groups is 1. The summed E-state index contributed by atoms with van der Waals surface area (Å²) in [6, 6.07) is 1.89. The van der Waals surface area contributed by atoms with E-state index in [2.05, 4.69) is 25.0 Å². The molecule has 0 fully saturated rings. The molecule has 4 aromatic rings. The lowest BCUT2D eigenvalue weighted by Crippen LogP contribution is -2.30. The number of hydrogen-bond acceptors (Lipinski definition) is 6. The van der Waals surface area contributed by atoms with E-state index in [1.807, 2.05) is 0 Å². The predicted octanol–water partition coefficient (Wildman–Crippen LogP) is 5.26. The van der Waals surface area contributed by atoms with Gasteiger partial charge in [0.05, 0.1) is 34.2 Å². The number of alkyl halides is 5. The molecule has 8 nitrogen and oxygen atoms in total. The topological polar surface area (TPSA) is 102 Å². The van der Waals surface area contributed by atoms with Crippen LogP contribution in [-0.2, 0) is 11.8 Å². The fraction of sp³-hybridized carbons (Fsp3) is 0.308. The van der Waals surface area contributed by atoms with Gasteiger partial charge in [-0.05, 0) is 38.5 Å². The Morgan fingerprint density at radius 3 is 2.48 bits per heavy atom. The van der Waals surface area contributed by atoms with Crippen molar-refractivity contribution < 1.29 is 41.0 Å². The summed E-state index contributed by atoms with van der Waals surface area (Å²) in [5.41, 5.74) is -3.11. The van der Waals surface area contributed by atoms with Crippen molar-refractivity contribution in [2.75, 3.05) is 0 Å². The number of carbonyl (C=O) groups is 1. The van der Waals surface area contributed by atoms with Crippen molar-refractivity contribution in [2.45, 2.75) is 50.7 Å². The summed E-state index contributed by atoms with van der Waals surface area (Å²) in [4.78, 5) is 25.6. The summed E-state index contributed by atoms with van der Waals surface area (Å²) >= 11 is 0. The summed E-state index contributed by atoms with van der Waals surface area (Å²) in [6.07, 6.45) is -2.32. The molecule has 0 aliphatic carbocycles. The van der Waals surface area contributed by atoms with Crippen LogP contribution in [0.1, 0.15) is 65.5 Å². The summed E-state index contributed by atoms with van der Waals surface area (Å²) in [7, 11) is 0. The lowest BCUT2D eigenvalue weighted by molar-refractivity contribution is -0.138. The van der Waals surface area contributed by atoms with Gasteiger partial charge in [-0.15, -0.1) is 0 Å². The number of hydrogen-bond donors (Lipinski definition) is 2. The first kappa shape index (κ1) is 26.0. The van der Waals surface area contributed by atoms with Gasteiger partial charge in [0.15, 0.2) is 5.82 Å². The number of nitrogens with zero attached hydrogens (tertiary/aromatic N) is 4. The van der Waals surface area contributed by atoms with Crippen molar-refractivity contribution in [3.8, 4) is 16.9 Å². The summed E-state index contributed by atoms with van der Waals surface area (Å²) in [6.45, 7) is -0.397. The maximum atomic E-state index is 15.2. The van der Waals surface area contributed by atoms with Crippen LogP contribution >= 0.6 is 0 Å². The minimum absolute atomic E-state index is 0.00796. The highest BCUT2D eigenvalue weighted by Gasteiger charge is 2.47. The number of ether oxygens (including phenoxy) is 1. The Morgan fingerprint density at radius 2 is 1.85 bits per heavy atom. The number of carbonyl (C=O) groups excluding carboxylic acids is 1. The monoisotopic (exact) mass is 563 g/mol. The number of amides is 1. The number of imidazole rings is 1. The maximum absolute atomic E-state index is 15.2. The number of aromatic nitrogens is 4. The lowest BCUT2D eigenvalue weighted by Gasteiger charge is -2.24. The van der Waals surface area contributed by atoms with Crippen molar-refractivity contribution in [1.29, 1.82) is 0 Å². The number of rotatable bonds is 4.